The Morgan fingerprint density at radius 2 is 2.07 bits per heavy atom. The van der Waals surface area contributed by atoms with Gasteiger partial charge in [0.1, 0.15) is 4.88 Å². The molecule has 1 N–H and O–H groups in total. The highest BCUT2D eigenvalue weighted by Gasteiger charge is 2.24. The maximum absolute atomic E-state index is 10.7. The molecule has 5 heteroatoms. The molecule has 1 heterocycles. The average Bonchev–Trinajstić information content (AvgIpc) is 2.45. The molecule has 0 aliphatic heterocycles. The van der Waals surface area contributed by atoms with Gasteiger partial charge in [0.15, 0.2) is 12.0 Å². The lowest BCUT2D eigenvalue weighted by molar-refractivity contribution is 0.0688. The smallest absolute Gasteiger partial charge is 0.356 e. The molecule has 1 aromatic rings. The minimum atomic E-state index is -1.15. The molecule has 1 aromatic heterocycles. The summed E-state index contributed by atoms with van der Waals surface area (Å²) < 4.78 is 0. The molecule has 0 saturated heterocycles. The third kappa shape index (κ3) is 1.98. The Kier molecular flexibility index (Phi) is 2.71. The Hall–Kier alpha value is -1.23. The molecule has 76 valence electrons. The van der Waals surface area contributed by atoms with Crippen LogP contribution in [0.5, 0.6) is 0 Å². The van der Waals surface area contributed by atoms with Gasteiger partial charge < -0.3 is 5.11 Å². The molecular weight excluding hydrogens is 202 g/mol. The maximum Gasteiger partial charge on any atom is 0.356 e. The van der Waals surface area contributed by atoms with E-state index < -0.39 is 5.97 Å². The Balaban J connectivity index is 3.27. The molecule has 0 saturated carbocycles. The van der Waals surface area contributed by atoms with Crippen LogP contribution >= 0.6 is 11.3 Å². The van der Waals surface area contributed by atoms with Gasteiger partial charge in [0.25, 0.3) is 0 Å². The first-order chi connectivity index (χ1) is 6.36. The highest BCUT2D eigenvalue weighted by Crippen LogP contribution is 2.28. The van der Waals surface area contributed by atoms with Gasteiger partial charge in [-0.2, -0.15) is 0 Å². The number of carbonyl (C=O) groups is 2. The number of hydrogen-bond acceptors (Lipinski definition) is 4. The van der Waals surface area contributed by atoms with Gasteiger partial charge in [-0.1, -0.05) is 20.8 Å². The summed E-state index contributed by atoms with van der Waals surface area (Å²) in [5, 5.41) is 9.42. The molecule has 0 aliphatic rings. The molecular formula is C9H11NO3S. The predicted molar refractivity (Wildman–Crippen MR) is 53.2 cm³/mol. The van der Waals surface area contributed by atoms with Crippen molar-refractivity contribution in [1.82, 2.24) is 4.98 Å². The number of aldehydes is 1. The highest BCUT2D eigenvalue weighted by molar-refractivity contribution is 7.13. The van der Waals surface area contributed by atoms with Crippen LogP contribution in [0.15, 0.2) is 0 Å². The first kappa shape index (κ1) is 10.8. The molecule has 0 radical (unpaired) electrons. The van der Waals surface area contributed by atoms with Gasteiger partial charge >= 0.3 is 5.97 Å². The third-order valence-electron chi connectivity index (χ3n) is 1.60. The summed E-state index contributed by atoms with van der Waals surface area (Å²) in [5.74, 6) is -1.15. The van der Waals surface area contributed by atoms with Crippen LogP contribution in [0.3, 0.4) is 0 Å². The molecule has 4 nitrogen and oxygen atoms in total. The lowest BCUT2D eigenvalue weighted by Crippen LogP contribution is -2.11. The Labute approximate surface area is 85.6 Å². The number of nitrogens with zero attached hydrogens (tertiary/aromatic N) is 1. The van der Waals surface area contributed by atoms with Gasteiger partial charge in [0.2, 0.25) is 0 Å². The second-order valence-electron chi connectivity index (χ2n) is 3.90. The van der Waals surface area contributed by atoms with Crippen LogP contribution in [-0.4, -0.2) is 22.3 Å². The van der Waals surface area contributed by atoms with E-state index in [-0.39, 0.29) is 16.0 Å². The quantitative estimate of drug-likeness (QED) is 0.762. The number of rotatable bonds is 2. The monoisotopic (exact) mass is 213 g/mol. The Bertz CT molecular complexity index is 376. The molecule has 0 unspecified atom stereocenters. The van der Waals surface area contributed by atoms with Crippen LogP contribution in [0.2, 0.25) is 0 Å². The van der Waals surface area contributed by atoms with Gasteiger partial charge in [-0.3, -0.25) is 4.79 Å². The normalized spacial score (nSPS) is 11.4. The third-order valence-corrected chi connectivity index (χ3v) is 3.01. The average molecular weight is 213 g/mol. The van der Waals surface area contributed by atoms with Crippen LogP contribution < -0.4 is 0 Å². The van der Waals surface area contributed by atoms with Crippen molar-refractivity contribution in [2.24, 2.45) is 0 Å². The van der Waals surface area contributed by atoms with Crippen LogP contribution in [0.1, 0.15) is 45.9 Å². The number of aromatic nitrogens is 1. The number of carbonyl (C=O) groups excluding carboxylic acids is 1. The SMILES string of the molecule is CC(C)(C)c1nc(C(=O)O)c(C=O)s1. The number of hydrogen-bond donors (Lipinski definition) is 1. The summed E-state index contributed by atoms with van der Waals surface area (Å²) >= 11 is 1.13. The lowest BCUT2D eigenvalue weighted by Gasteiger charge is -2.13. The van der Waals surface area contributed by atoms with Crippen LogP contribution in [0.25, 0.3) is 0 Å². The Morgan fingerprint density at radius 3 is 2.36 bits per heavy atom. The molecule has 0 spiro atoms. The van der Waals surface area contributed by atoms with E-state index in [2.05, 4.69) is 4.98 Å². The van der Waals surface area contributed by atoms with Crippen molar-refractivity contribution in [3.05, 3.63) is 15.6 Å². The van der Waals surface area contributed by atoms with Crippen molar-refractivity contribution in [2.45, 2.75) is 26.2 Å². The molecule has 0 bridgehead atoms. The zero-order valence-corrected chi connectivity index (χ0v) is 9.01. The van der Waals surface area contributed by atoms with Gasteiger partial charge in [-0.25, -0.2) is 9.78 Å². The van der Waals surface area contributed by atoms with Gasteiger partial charge in [0.05, 0.1) is 5.01 Å². The second-order valence-corrected chi connectivity index (χ2v) is 4.94. The molecule has 0 aliphatic carbocycles. The molecule has 0 atom stereocenters. The fourth-order valence-corrected chi connectivity index (χ4v) is 1.81. The second kappa shape index (κ2) is 3.49. The van der Waals surface area contributed by atoms with Crippen LogP contribution in [0, 0.1) is 0 Å². The maximum atomic E-state index is 10.7. The summed E-state index contributed by atoms with van der Waals surface area (Å²) in [7, 11) is 0. The van der Waals surface area contributed by atoms with Crippen molar-refractivity contribution in [2.75, 3.05) is 0 Å². The molecule has 0 amide bonds. The number of carboxylic acid groups (broad SMARTS) is 1. The molecule has 0 aromatic carbocycles. The van der Waals surface area contributed by atoms with E-state index in [4.69, 9.17) is 5.11 Å². The van der Waals surface area contributed by atoms with E-state index in [1.807, 2.05) is 20.8 Å². The number of carboxylic acids is 1. The van der Waals surface area contributed by atoms with E-state index in [0.29, 0.717) is 11.3 Å². The summed E-state index contributed by atoms with van der Waals surface area (Å²) in [5.41, 5.74) is -0.370. The van der Waals surface area contributed by atoms with Gasteiger partial charge in [-0.15, -0.1) is 11.3 Å². The van der Waals surface area contributed by atoms with Crippen LogP contribution in [0.4, 0.5) is 0 Å². The lowest BCUT2D eigenvalue weighted by atomic mass is 9.98. The van der Waals surface area contributed by atoms with Crippen molar-refractivity contribution in [1.29, 1.82) is 0 Å². The summed E-state index contributed by atoms with van der Waals surface area (Å²) in [6, 6.07) is 0. The van der Waals surface area contributed by atoms with Crippen molar-refractivity contribution in [3.63, 3.8) is 0 Å². The highest BCUT2D eigenvalue weighted by atomic mass is 32.1. The van der Waals surface area contributed by atoms with Crippen molar-refractivity contribution >= 4 is 23.6 Å². The summed E-state index contributed by atoms with van der Waals surface area (Å²) in [6.07, 6.45) is 0.538. The van der Waals surface area contributed by atoms with Crippen LogP contribution in [-0.2, 0) is 5.41 Å². The minimum Gasteiger partial charge on any atom is -0.476 e. The molecule has 0 fully saturated rings. The topological polar surface area (TPSA) is 67.3 Å². The number of thiazole rings is 1. The van der Waals surface area contributed by atoms with E-state index >= 15 is 0 Å². The first-order valence-corrected chi connectivity index (χ1v) is 4.87. The van der Waals surface area contributed by atoms with E-state index in [0.717, 1.165) is 11.3 Å². The van der Waals surface area contributed by atoms with Crippen molar-refractivity contribution < 1.29 is 14.7 Å². The van der Waals surface area contributed by atoms with Gasteiger partial charge in [-0.05, 0) is 0 Å². The largest absolute Gasteiger partial charge is 0.476 e. The zero-order chi connectivity index (χ0) is 10.9. The standard InChI is InChI=1S/C9H11NO3S/c1-9(2,3)8-10-6(7(12)13)5(4-11)14-8/h4H,1-3H3,(H,12,13). The molecule has 14 heavy (non-hydrogen) atoms. The minimum absolute atomic E-state index is 0.144. The van der Waals surface area contributed by atoms with E-state index in [1.165, 1.54) is 0 Å². The van der Waals surface area contributed by atoms with E-state index in [9.17, 15) is 9.59 Å². The fourth-order valence-electron chi connectivity index (χ4n) is 0.886. The van der Waals surface area contributed by atoms with E-state index in [1.54, 1.807) is 0 Å². The molecule has 1 rings (SSSR count). The Morgan fingerprint density at radius 1 is 1.50 bits per heavy atom. The van der Waals surface area contributed by atoms with Crippen molar-refractivity contribution in [3.8, 4) is 0 Å². The van der Waals surface area contributed by atoms with Gasteiger partial charge in [0, 0.05) is 5.41 Å². The zero-order valence-electron chi connectivity index (χ0n) is 8.20. The summed E-state index contributed by atoms with van der Waals surface area (Å²) in [6.45, 7) is 5.77. The number of aromatic carboxylic acids is 1. The summed E-state index contributed by atoms with van der Waals surface area (Å²) in [4.78, 5) is 25.4. The first-order valence-electron chi connectivity index (χ1n) is 4.06. The fraction of sp³-hybridized carbons (Fsp3) is 0.444. The predicted octanol–water partition coefficient (Wildman–Crippen LogP) is 1.95.